The summed E-state index contributed by atoms with van der Waals surface area (Å²) in [5.74, 6) is -1.68. The first-order valence-corrected chi connectivity index (χ1v) is 5.00. The molecule has 82 valence electrons. The van der Waals surface area contributed by atoms with Gasteiger partial charge in [0.1, 0.15) is 5.60 Å². The van der Waals surface area contributed by atoms with E-state index in [9.17, 15) is 14.3 Å². The SMILES string of the molecule is CC(O)(c1ccc(Br)cc1)C(F)C(=O)O. The first-order valence-electron chi connectivity index (χ1n) is 4.21. The Hall–Kier alpha value is -0.940. The van der Waals surface area contributed by atoms with Crippen LogP contribution in [0.5, 0.6) is 0 Å². The molecule has 0 fully saturated rings. The Bertz CT molecular complexity index is 361. The average Bonchev–Trinajstić information content (AvgIpc) is 2.17. The molecule has 0 aliphatic carbocycles. The van der Waals surface area contributed by atoms with Crippen LogP contribution in [0.1, 0.15) is 12.5 Å². The maximum absolute atomic E-state index is 13.2. The standard InChI is InChI=1S/C10H10BrFO3/c1-10(15,8(12)9(13)14)6-2-4-7(11)5-3-6/h2-5,8,15H,1H3,(H,13,14). The van der Waals surface area contributed by atoms with Crippen molar-refractivity contribution in [3.8, 4) is 0 Å². The summed E-state index contributed by atoms with van der Waals surface area (Å²) in [5.41, 5.74) is -1.80. The number of carboxylic acids is 1. The minimum absolute atomic E-state index is 0.223. The van der Waals surface area contributed by atoms with Crippen molar-refractivity contribution in [3.63, 3.8) is 0 Å². The van der Waals surface area contributed by atoms with Crippen LogP contribution in [0.15, 0.2) is 28.7 Å². The summed E-state index contributed by atoms with van der Waals surface area (Å²) >= 11 is 3.19. The fourth-order valence-electron chi connectivity index (χ4n) is 1.17. The van der Waals surface area contributed by atoms with Crippen molar-refractivity contribution < 1.29 is 19.4 Å². The molecule has 15 heavy (non-hydrogen) atoms. The maximum Gasteiger partial charge on any atom is 0.341 e. The van der Waals surface area contributed by atoms with E-state index in [0.717, 1.165) is 11.4 Å². The number of aliphatic carboxylic acids is 1. The van der Waals surface area contributed by atoms with Gasteiger partial charge in [0.25, 0.3) is 0 Å². The van der Waals surface area contributed by atoms with Gasteiger partial charge in [-0.05, 0) is 24.6 Å². The van der Waals surface area contributed by atoms with Gasteiger partial charge in [-0.3, -0.25) is 0 Å². The Morgan fingerprint density at radius 2 is 1.93 bits per heavy atom. The molecule has 0 saturated carbocycles. The second kappa shape index (κ2) is 4.28. The fraction of sp³-hybridized carbons (Fsp3) is 0.300. The molecule has 1 rings (SSSR count). The molecule has 2 atom stereocenters. The molecule has 0 amide bonds. The highest BCUT2D eigenvalue weighted by molar-refractivity contribution is 9.10. The fourth-order valence-corrected chi connectivity index (χ4v) is 1.44. The lowest BCUT2D eigenvalue weighted by atomic mass is 9.91. The van der Waals surface area contributed by atoms with Crippen molar-refractivity contribution in [1.29, 1.82) is 0 Å². The van der Waals surface area contributed by atoms with E-state index in [0.29, 0.717) is 0 Å². The molecular weight excluding hydrogens is 267 g/mol. The van der Waals surface area contributed by atoms with E-state index in [1.54, 1.807) is 12.1 Å². The van der Waals surface area contributed by atoms with E-state index in [2.05, 4.69) is 15.9 Å². The molecule has 1 aromatic rings. The predicted octanol–water partition coefficient (Wildman–Crippen LogP) is 2.08. The third kappa shape index (κ3) is 2.54. The second-order valence-electron chi connectivity index (χ2n) is 3.36. The molecule has 0 aliphatic heterocycles. The number of halogens is 2. The molecule has 0 spiro atoms. The molecule has 2 unspecified atom stereocenters. The van der Waals surface area contributed by atoms with Crippen molar-refractivity contribution in [3.05, 3.63) is 34.3 Å². The third-order valence-corrected chi connectivity index (χ3v) is 2.67. The Morgan fingerprint density at radius 1 is 1.47 bits per heavy atom. The first-order chi connectivity index (χ1) is 6.85. The number of carbonyl (C=O) groups is 1. The number of hydrogen-bond donors (Lipinski definition) is 2. The molecule has 0 radical (unpaired) electrons. The van der Waals surface area contributed by atoms with Gasteiger partial charge in [-0.1, -0.05) is 28.1 Å². The zero-order valence-electron chi connectivity index (χ0n) is 7.95. The summed E-state index contributed by atoms with van der Waals surface area (Å²) in [7, 11) is 0. The van der Waals surface area contributed by atoms with Crippen molar-refractivity contribution in [2.24, 2.45) is 0 Å². The molecule has 0 saturated heterocycles. The van der Waals surface area contributed by atoms with Crippen LogP contribution < -0.4 is 0 Å². The number of alkyl halides is 1. The van der Waals surface area contributed by atoms with Crippen LogP contribution in [0.2, 0.25) is 0 Å². The highest BCUT2D eigenvalue weighted by atomic mass is 79.9. The van der Waals surface area contributed by atoms with Crippen molar-refractivity contribution in [2.75, 3.05) is 0 Å². The lowest BCUT2D eigenvalue weighted by Crippen LogP contribution is -2.39. The molecule has 5 heteroatoms. The monoisotopic (exact) mass is 276 g/mol. The van der Waals surface area contributed by atoms with E-state index in [1.165, 1.54) is 12.1 Å². The van der Waals surface area contributed by atoms with Gasteiger partial charge in [0.2, 0.25) is 6.17 Å². The van der Waals surface area contributed by atoms with Gasteiger partial charge >= 0.3 is 5.97 Å². The van der Waals surface area contributed by atoms with Crippen LogP contribution in [0.25, 0.3) is 0 Å². The van der Waals surface area contributed by atoms with Gasteiger partial charge in [0.15, 0.2) is 0 Å². The summed E-state index contributed by atoms with van der Waals surface area (Å²) in [5, 5.41) is 18.2. The van der Waals surface area contributed by atoms with Crippen molar-refractivity contribution >= 4 is 21.9 Å². The Balaban J connectivity index is 3.05. The number of hydrogen-bond acceptors (Lipinski definition) is 2. The van der Waals surface area contributed by atoms with Gasteiger partial charge in [0.05, 0.1) is 0 Å². The number of rotatable bonds is 3. The zero-order chi connectivity index (χ0) is 11.6. The molecule has 3 nitrogen and oxygen atoms in total. The minimum atomic E-state index is -2.35. The van der Waals surface area contributed by atoms with E-state index in [1.807, 2.05) is 0 Å². The molecule has 0 bridgehead atoms. The van der Waals surface area contributed by atoms with Crippen LogP contribution in [0.4, 0.5) is 4.39 Å². The van der Waals surface area contributed by atoms with Gasteiger partial charge in [-0.15, -0.1) is 0 Å². The summed E-state index contributed by atoms with van der Waals surface area (Å²) in [6, 6.07) is 6.16. The number of benzene rings is 1. The third-order valence-electron chi connectivity index (χ3n) is 2.14. The van der Waals surface area contributed by atoms with Crippen molar-refractivity contribution in [2.45, 2.75) is 18.7 Å². The minimum Gasteiger partial charge on any atom is -0.479 e. The van der Waals surface area contributed by atoms with Crippen LogP contribution in [-0.2, 0) is 10.4 Å². The lowest BCUT2D eigenvalue weighted by molar-refractivity contribution is -0.153. The summed E-state index contributed by atoms with van der Waals surface area (Å²) in [6.07, 6.45) is -2.35. The van der Waals surface area contributed by atoms with Crippen LogP contribution in [0.3, 0.4) is 0 Å². The van der Waals surface area contributed by atoms with E-state index < -0.39 is 17.7 Å². The average molecular weight is 277 g/mol. The summed E-state index contributed by atoms with van der Waals surface area (Å²) in [6.45, 7) is 1.13. The van der Waals surface area contributed by atoms with E-state index in [-0.39, 0.29) is 5.56 Å². The topological polar surface area (TPSA) is 57.5 Å². The molecule has 0 aromatic heterocycles. The lowest BCUT2D eigenvalue weighted by Gasteiger charge is -2.25. The van der Waals surface area contributed by atoms with Crippen LogP contribution >= 0.6 is 15.9 Å². The van der Waals surface area contributed by atoms with Gasteiger partial charge in [-0.25, -0.2) is 9.18 Å². The molecule has 0 heterocycles. The normalized spacial score (nSPS) is 16.8. The molecule has 2 N–H and O–H groups in total. The van der Waals surface area contributed by atoms with Crippen molar-refractivity contribution in [1.82, 2.24) is 0 Å². The predicted molar refractivity (Wildman–Crippen MR) is 56.2 cm³/mol. The summed E-state index contributed by atoms with van der Waals surface area (Å²) < 4.78 is 14.0. The van der Waals surface area contributed by atoms with E-state index >= 15 is 0 Å². The van der Waals surface area contributed by atoms with Crippen LogP contribution in [0, 0.1) is 0 Å². The maximum atomic E-state index is 13.2. The Kier molecular flexibility index (Phi) is 3.46. The van der Waals surface area contributed by atoms with Gasteiger partial charge in [0, 0.05) is 4.47 Å². The van der Waals surface area contributed by atoms with E-state index in [4.69, 9.17) is 5.11 Å². The molecule has 0 aliphatic rings. The summed E-state index contributed by atoms with van der Waals surface area (Å²) in [4.78, 5) is 10.4. The van der Waals surface area contributed by atoms with Crippen LogP contribution in [-0.4, -0.2) is 22.4 Å². The number of aliphatic hydroxyl groups is 1. The quantitative estimate of drug-likeness (QED) is 0.889. The first kappa shape index (κ1) is 12.1. The number of carboxylic acid groups (broad SMARTS) is 1. The smallest absolute Gasteiger partial charge is 0.341 e. The molecular formula is C10H10BrFO3. The Morgan fingerprint density at radius 3 is 2.33 bits per heavy atom. The second-order valence-corrected chi connectivity index (χ2v) is 4.27. The highest BCUT2D eigenvalue weighted by Crippen LogP contribution is 2.28. The largest absolute Gasteiger partial charge is 0.479 e. The highest BCUT2D eigenvalue weighted by Gasteiger charge is 2.39. The molecule has 1 aromatic carbocycles. The van der Waals surface area contributed by atoms with Gasteiger partial charge < -0.3 is 10.2 Å². The van der Waals surface area contributed by atoms with Gasteiger partial charge in [-0.2, -0.15) is 0 Å². The zero-order valence-corrected chi connectivity index (χ0v) is 9.53. The Labute approximate surface area is 94.7 Å².